The van der Waals surface area contributed by atoms with Crippen LogP contribution in [0.15, 0.2) is 83.5 Å². The quantitative estimate of drug-likeness (QED) is 0.193. The van der Waals surface area contributed by atoms with Crippen LogP contribution >= 0.6 is 0 Å². The van der Waals surface area contributed by atoms with E-state index in [4.69, 9.17) is 0 Å². The topological polar surface area (TPSA) is 81.9 Å². The number of pyridine rings is 1. The number of aryl methyl sites for hydroxylation is 1. The van der Waals surface area contributed by atoms with E-state index in [0.29, 0.717) is 28.6 Å². The van der Waals surface area contributed by atoms with Crippen molar-refractivity contribution in [3.63, 3.8) is 0 Å². The highest BCUT2D eigenvalue weighted by atomic mass is 32.2. The van der Waals surface area contributed by atoms with E-state index in [1.807, 2.05) is 13.0 Å². The lowest BCUT2D eigenvalue weighted by atomic mass is 9.61. The number of rotatable bonds is 5. The van der Waals surface area contributed by atoms with E-state index in [1.54, 1.807) is 41.3 Å². The Bertz CT molecular complexity index is 1830. The Hall–Kier alpha value is -4.12. The lowest BCUT2D eigenvalue weighted by Gasteiger charge is -2.43. The summed E-state index contributed by atoms with van der Waals surface area (Å²) in [4.78, 5) is 18.2. The van der Waals surface area contributed by atoms with Crippen molar-refractivity contribution in [2.45, 2.75) is 48.9 Å². The van der Waals surface area contributed by atoms with Gasteiger partial charge in [0.05, 0.1) is 38.7 Å². The van der Waals surface area contributed by atoms with Gasteiger partial charge >= 0.3 is 6.18 Å². The third-order valence-corrected chi connectivity index (χ3v) is 10.4. The molecule has 4 aromatic rings. The number of sulfone groups is 1. The maximum atomic E-state index is 14.3. The predicted octanol–water partition coefficient (Wildman–Crippen LogP) is 6.57. The van der Waals surface area contributed by atoms with Crippen molar-refractivity contribution in [1.82, 2.24) is 14.8 Å². The number of hydrogen-bond donors (Lipinski definition) is 0. The molecule has 2 aromatic heterocycles. The molecule has 0 N–H and O–H groups in total. The molecule has 0 radical (unpaired) electrons. The van der Waals surface area contributed by atoms with Gasteiger partial charge in [0, 0.05) is 6.20 Å². The molecular weight excluding hydrogens is 570 g/mol. The molecule has 2 aliphatic carbocycles. The van der Waals surface area contributed by atoms with Crippen molar-refractivity contribution < 1.29 is 30.8 Å². The van der Waals surface area contributed by atoms with Gasteiger partial charge in [-0.25, -0.2) is 17.5 Å². The standard InChI is InChI=1S/C31H25F4N3O3S/c1-19-5-12-27(36-17-19)29(39)30-15-20-18-37-38(24-9-7-23(32)8-10-24)28(20)14-21(30)6-11-26(16-30)42(40,41)25-4-2-3-22(13-25)31(33,34)35/h2-5,7-10,12-14,17-18,26H,6,11,15-16H2,1H3/t26-,30-/m0/s1. The molecule has 2 aromatic carbocycles. The Morgan fingerprint density at radius 2 is 1.81 bits per heavy atom. The fourth-order valence-corrected chi connectivity index (χ4v) is 7.88. The molecule has 2 atom stereocenters. The van der Waals surface area contributed by atoms with E-state index in [2.05, 4.69) is 10.1 Å². The summed E-state index contributed by atoms with van der Waals surface area (Å²) in [5, 5.41) is 3.38. The first-order valence-electron chi connectivity index (χ1n) is 13.3. The van der Waals surface area contributed by atoms with Crippen LogP contribution in [0, 0.1) is 18.2 Å². The largest absolute Gasteiger partial charge is 0.416 e. The van der Waals surface area contributed by atoms with Gasteiger partial charge in [0.2, 0.25) is 0 Å². The maximum absolute atomic E-state index is 14.3. The molecule has 216 valence electrons. The third-order valence-electron chi connectivity index (χ3n) is 8.19. The molecule has 0 aliphatic heterocycles. The molecule has 1 fully saturated rings. The number of carbonyl (C=O) groups is 1. The first-order valence-corrected chi connectivity index (χ1v) is 14.9. The smallest absolute Gasteiger partial charge is 0.291 e. The van der Waals surface area contributed by atoms with Crippen LogP contribution in [0.2, 0.25) is 0 Å². The van der Waals surface area contributed by atoms with Crippen LogP contribution in [0.4, 0.5) is 17.6 Å². The summed E-state index contributed by atoms with van der Waals surface area (Å²) in [5.41, 5.74) is 1.42. The zero-order valence-corrected chi connectivity index (χ0v) is 23.2. The number of nitrogens with zero attached hydrogens (tertiary/aromatic N) is 3. The molecule has 0 spiro atoms. The minimum absolute atomic E-state index is 0.118. The molecule has 6 rings (SSSR count). The number of fused-ring (bicyclic) bond motifs is 2. The van der Waals surface area contributed by atoms with Crippen molar-refractivity contribution in [2.75, 3.05) is 0 Å². The SMILES string of the molecule is Cc1ccc(C(=O)[C@]23Cc4cnn(-c5ccc(F)cc5)c4C=C2CC[C@H](S(=O)(=O)c2cccc(C(F)(F)F)c2)C3)nc1. The number of ketones is 1. The highest BCUT2D eigenvalue weighted by molar-refractivity contribution is 7.92. The Morgan fingerprint density at radius 1 is 1.05 bits per heavy atom. The average Bonchev–Trinajstić information content (AvgIpc) is 3.38. The molecule has 0 amide bonds. The van der Waals surface area contributed by atoms with Crippen LogP contribution < -0.4 is 0 Å². The van der Waals surface area contributed by atoms with Crippen molar-refractivity contribution >= 4 is 21.7 Å². The van der Waals surface area contributed by atoms with Gasteiger partial charge < -0.3 is 0 Å². The van der Waals surface area contributed by atoms with Crippen LogP contribution in [0.25, 0.3) is 11.8 Å². The second-order valence-electron chi connectivity index (χ2n) is 10.9. The molecule has 2 aliphatic rings. The highest BCUT2D eigenvalue weighted by Crippen LogP contribution is 2.52. The summed E-state index contributed by atoms with van der Waals surface area (Å²) in [5.74, 6) is -0.744. The van der Waals surface area contributed by atoms with E-state index in [9.17, 15) is 30.8 Å². The number of Topliss-reactive ketones (excluding diaryl/α,β-unsaturated/α-hetero) is 1. The van der Waals surface area contributed by atoms with Crippen molar-refractivity contribution in [1.29, 1.82) is 0 Å². The molecule has 0 unspecified atom stereocenters. The van der Waals surface area contributed by atoms with Gasteiger partial charge in [-0.3, -0.25) is 9.78 Å². The van der Waals surface area contributed by atoms with E-state index in [1.165, 1.54) is 12.1 Å². The second kappa shape index (κ2) is 10.0. The lowest BCUT2D eigenvalue weighted by Crippen LogP contribution is -2.45. The van der Waals surface area contributed by atoms with E-state index < -0.39 is 43.0 Å². The minimum Gasteiger partial charge on any atom is -0.291 e. The van der Waals surface area contributed by atoms with Gasteiger partial charge in [0.1, 0.15) is 11.5 Å². The second-order valence-corrected chi connectivity index (χ2v) is 13.1. The van der Waals surface area contributed by atoms with Crippen molar-refractivity contribution in [2.24, 2.45) is 5.41 Å². The van der Waals surface area contributed by atoms with Crippen molar-refractivity contribution in [3.05, 3.63) is 113 Å². The summed E-state index contributed by atoms with van der Waals surface area (Å²) >= 11 is 0. The molecule has 42 heavy (non-hydrogen) atoms. The Morgan fingerprint density at radius 3 is 2.50 bits per heavy atom. The summed E-state index contributed by atoms with van der Waals surface area (Å²) in [6.07, 6.45) is 0.685. The van der Waals surface area contributed by atoms with Crippen molar-refractivity contribution in [3.8, 4) is 5.69 Å². The van der Waals surface area contributed by atoms with Crippen LogP contribution in [0.3, 0.4) is 0 Å². The molecule has 1 saturated carbocycles. The number of halogens is 4. The summed E-state index contributed by atoms with van der Waals surface area (Å²) in [7, 11) is -4.23. The Balaban J connectivity index is 1.44. The molecular formula is C31H25F4N3O3S. The van der Waals surface area contributed by atoms with Gasteiger partial charge in [0.25, 0.3) is 0 Å². The predicted molar refractivity (Wildman–Crippen MR) is 147 cm³/mol. The van der Waals surface area contributed by atoms with Crippen LogP contribution in [-0.4, -0.2) is 34.2 Å². The van der Waals surface area contributed by atoms with Gasteiger partial charge in [-0.05, 0) is 98.3 Å². The van der Waals surface area contributed by atoms with Crippen LogP contribution in [-0.2, 0) is 22.4 Å². The summed E-state index contributed by atoms with van der Waals surface area (Å²) in [6.45, 7) is 1.83. The molecule has 0 saturated heterocycles. The van der Waals surface area contributed by atoms with Crippen LogP contribution in [0.5, 0.6) is 0 Å². The number of aromatic nitrogens is 3. The first-order chi connectivity index (χ1) is 19.9. The summed E-state index contributed by atoms with van der Waals surface area (Å²) in [6, 6.07) is 12.9. The highest BCUT2D eigenvalue weighted by Gasteiger charge is 2.52. The van der Waals surface area contributed by atoms with E-state index in [-0.39, 0.29) is 37.2 Å². The number of alkyl halides is 3. The zero-order valence-electron chi connectivity index (χ0n) is 22.4. The average molecular weight is 596 g/mol. The lowest BCUT2D eigenvalue weighted by molar-refractivity contribution is -0.137. The van der Waals surface area contributed by atoms with Gasteiger partial charge in [-0.2, -0.15) is 18.3 Å². The number of allylic oxidation sites excluding steroid dienone is 1. The third kappa shape index (κ3) is 4.75. The zero-order chi connectivity index (χ0) is 29.9. The van der Waals surface area contributed by atoms with Gasteiger partial charge in [-0.15, -0.1) is 0 Å². The molecule has 6 nitrogen and oxygen atoms in total. The monoisotopic (exact) mass is 595 g/mol. The minimum atomic E-state index is -4.70. The van der Waals surface area contributed by atoms with Gasteiger partial charge in [0.15, 0.2) is 15.6 Å². The fraction of sp³-hybridized carbons (Fsp3) is 0.258. The van der Waals surface area contributed by atoms with Crippen LogP contribution in [0.1, 0.15) is 52.1 Å². The maximum Gasteiger partial charge on any atom is 0.416 e. The number of benzene rings is 2. The molecule has 11 heteroatoms. The number of hydrogen-bond acceptors (Lipinski definition) is 5. The van der Waals surface area contributed by atoms with E-state index in [0.717, 1.165) is 23.8 Å². The Labute approximate surface area is 239 Å². The summed E-state index contributed by atoms with van der Waals surface area (Å²) < 4.78 is 83.0. The fourth-order valence-electron chi connectivity index (χ4n) is 6.01. The first kappa shape index (κ1) is 28.0. The molecule has 2 heterocycles. The van der Waals surface area contributed by atoms with E-state index >= 15 is 0 Å². The Kier molecular flexibility index (Phi) is 6.68. The normalized spacial score (nSPS) is 20.4. The number of carbonyl (C=O) groups excluding carboxylic acids is 1. The molecule has 0 bridgehead atoms. The van der Waals surface area contributed by atoms with Gasteiger partial charge in [-0.1, -0.05) is 17.7 Å².